The van der Waals surface area contributed by atoms with Crippen molar-refractivity contribution in [2.75, 3.05) is 0 Å². The van der Waals surface area contributed by atoms with Gasteiger partial charge in [-0.3, -0.25) is 0 Å². The largest absolute Gasteiger partial charge is 0.389 e. The molecule has 0 aromatic heterocycles. The molecule has 0 amide bonds. The molecule has 2 aromatic carbocycles. The van der Waals surface area contributed by atoms with Crippen LogP contribution >= 0.6 is 0 Å². The van der Waals surface area contributed by atoms with Crippen LogP contribution in [-0.2, 0) is 0 Å². The third kappa shape index (κ3) is 3.31. The van der Waals surface area contributed by atoms with Gasteiger partial charge in [0.1, 0.15) is 12.1 Å². The fourth-order valence-corrected chi connectivity index (χ4v) is 4.39. The molecule has 1 saturated heterocycles. The van der Waals surface area contributed by atoms with Gasteiger partial charge in [0.2, 0.25) is 0 Å². The van der Waals surface area contributed by atoms with Gasteiger partial charge < -0.3 is 10.4 Å². The Balaban J connectivity index is 2.00. The van der Waals surface area contributed by atoms with E-state index in [1.165, 1.54) is 11.1 Å². The first-order valence-corrected chi connectivity index (χ1v) is 8.96. The lowest BCUT2D eigenvalue weighted by Crippen LogP contribution is -2.91. The van der Waals surface area contributed by atoms with Crippen molar-refractivity contribution in [3.63, 3.8) is 0 Å². The molecule has 0 bridgehead atoms. The highest BCUT2D eigenvalue weighted by Crippen LogP contribution is 2.42. The van der Waals surface area contributed by atoms with Gasteiger partial charge in [0.25, 0.3) is 0 Å². The zero-order valence-electron chi connectivity index (χ0n) is 14.4. The Labute approximate surface area is 145 Å². The number of hydrogen-bond donors (Lipinski definition) is 2. The molecule has 0 radical (unpaired) electrons. The first kappa shape index (κ1) is 16.9. The van der Waals surface area contributed by atoms with Crippen molar-refractivity contribution >= 4 is 0 Å². The monoisotopic (exact) mass is 322 g/mol. The molecule has 0 unspecified atom stereocenters. The molecular weight excluding hydrogens is 294 g/mol. The molecule has 24 heavy (non-hydrogen) atoms. The van der Waals surface area contributed by atoms with Gasteiger partial charge in [0.15, 0.2) is 0 Å². The number of nitrogens with two attached hydrogens (primary N) is 1. The highest BCUT2D eigenvalue weighted by molar-refractivity contribution is 5.23. The quantitative estimate of drug-likeness (QED) is 0.808. The number of rotatable bonds is 5. The summed E-state index contributed by atoms with van der Waals surface area (Å²) in [4.78, 5) is 0. The van der Waals surface area contributed by atoms with E-state index in [-0.39, 0.29) is 18.0 Å². The van der Waals surface area contributed by atoms with Gasteiger partial charge in [-0.2, -0.15) is 0 Å². The minimum Gasteiger partial charge on any atom is -0.389 e. The van der Waals surface area contributed by atoms with Crippen LogP contribution in [0.15, 0.2) is 73.3 Å². The topological polar surface area (TPSA) is 36.8 Å². The van der Waals surface area contributed by atoms with E-state index in [9.17, 15) is 5.11 Å². The van der Waals surface area contributed by atoms with E-state index in [0.29, 0.717) is 6.42 Å². The van der Waals surface area contributed by atoms with E-state index in [4.69, 9.17) is 0 Å². The van der Waals surface area contributed by atoms with Gasteiger partial charge >= 0.3 is 0 Å². The van der Waals surface area contributed by atoms with Crippen LogP contribution < -0.4 is 5.32 Å². The van der Waals surface area contributed by atoms with Crippen LogP contribution in [0.2, 0.25) is 0 Å². The Hall–Kier alpha value is -1.90. The number of piperidine rings is 1. The number of benzene rings is 2. The predicted molar refractivity (Wildman–Crippen MR) is 98.5 cm³/mol. The second-order valence-electron chi connectivity index (χ2n) is 6.96. The van der Waals surface area contributed by atoms with E-state index in [2.05, 4.69) is 73.4 Å². The molecule has 2 aromatic rings. The molecule has 1 aliphatic rings. The van der Waals surface area contributed by atoms with Crippen molar-refractivity contribution < 1.29 is 10.4 Å². The maximum absolute atomic E-state index is 11.5. The van der Waals surface area contributed by atoms with E-state index in [1.807, 2.05) is 12.1 Å². The van der Waals surface area contributed by atoms with Gasteiger partial charge in [-0.15, -0.1) is 6.58 Å². The smallest absolute Gasteiger partial charge is 0.118 e. The molecule has 3 rings (SSSR count). The van der Waals surface area contributed by atoms with Crippen LogP contribution in [0.25, 0.3) is 0 Å². The summed E-state index contributed by atoms with van der Waals surface area (Å²) in [6, 6.07) is 21.7. The number of quaternary nitrogens is 1. The van der Waals surface area contributed by atoms with Gasteiger partial charge in [0.05, 0.1) is 5.60 Å². The normalized spacial score (nSPS) is 30.0. The molecule has 0 spiro atoms. The Morgan fingerprint density at radius 1 is 1.08 bits per heavy atom. The average molecular weight is 322 g/mol. The third-order valence-corrected chi connectivity index (χ3v) is 5.49. The maximum atomic E-state index is 11.5. The van der Waals surface area contributed by atoms with Gasteiger partial charge in [-0.05, 0) is 12.8 Å². The van der Waals surface area contributed by atoms with Crippen molar-refractivity contribution in [1.29, 1.82) is 0 Å². The first-order chi connectivity index (χ1) is 11.7. The summed E-state index contributed by atoms with van der Waals surface area (Å²) >= 11 is 0. The summed E-state index contributed by atoms with van der Waals surface area (Å²) < 4.78 is 0. The Bertz CT molecular complexity index is 654. The van der Waals surface area contributed by atoms with Gasteiger partial charge in [-0.25, -0.2) is 0 Å². The summed E-state index contributed by atoms with van der Waals surface area (Å²) in [6.45, 7) is 6.08. The van der Waals surface area contributed by atoms with Gasteiger partial charge in [0, 0.05) is 23.5 Å². The number of hydrogen-bond acceptors (Lipinski definition) is 1. The molecule has 1 heterocycles. The van der Waals surface area contributed by atoms with Crippen molar-refractivity contribution in [3.8, 4) is 0 Å². The number of aliphatic hydroxyl groups is 1. The summed E-state index contributed by atoms with van der Waals surface area (Å²) in [7, 11) is 0. The Morgan fingerprint density at radius 2 is 1.67 bits per heavy atom. The lowest BCUT2D eigenvalue weighted by atomic mass is 9.68. The zero-order valence-corrected chi connectivity index (χ0v) is 14.4. The molecular formula is C22H28NO+. The van der Waals surface area contributed by atoms with E-state index < -0.39 is 5.60 Å². The van der Waals surface area contributed by atoms with Crippen LogP contribution in [0.4, 0.5) is 0 Å². The standard InChI is InChI=1S/C22H27NO/c1-3-15-22(24)16-20(17-11-7-5-8-12-17)23-21(19(22)4-2)18-13-9-6-10-14-18/h3,5-14,19-21,23-24H,1,4,15-16H2,2H3/p+1/t19-,20-,21+,22+/m0/s1. The fraction of sp³-hybridized carbons (Fsp3) is 0.364. The maximum Gasteiger partial charge on any atom is 0.118 e. The average Bonchev–Trinajstić information content (AvgIpc) is 2.62. The first-order valence-electron chi connectivity index (χ1n) is 8.96. The minimum atomic E-state index is -0.702. The Kier molecular flexibility index (Phi) is 5.17. The van der Waals surface area contributed by atoms with E-state index in [0.717, 1.165) is 12.8 Å². The summed E-state index contributed by atoms with van der Waals surface area (Å²) in [5, 5.41) is 14.0. The molecule has 2 heteroatoms. The molecule has 3 N–H and O–H groups in total. The lowest BCUT2D eigenvalue weighted by Gasteiger charge is -2.46. The van der Waals surface area contributed by atoms with Crippen molar-refractivity contribution in [2.24, 2.45) is 5.92 Å². The summed E-state index contributed by atoms with van der Waals surface area (Å²) in [5.41, 5.74) is 1.88. The second-order valence-corrected chi connectivity index (χ2v) is 6.96. The van der Waals surface area contributed by atoms with Crippen LogP contribution in [0, 0.1) is 5.92 Å². The van der Waals surface area contributed by atoms with Crippen molar-refractivity contribution in [2.45, 2.75) is 43.9 Å². The zero-order chi connectivity index (χ0) is 17.0. The van der Waals surface area contributed by atoms with E-state index >= 15 is 0 Å². The second kappa shape index (κ2) is 7.33. The molecule has 1 fully saturated rings. The summed E-state index contributed by atoms with van der Waals surface area (Å²) in [6.07, 6.45) is 4.25. The molecule has 1 aliphatic heterocycles. The Morgan fingerprint density at radius 3 is 2.21 bits per heavy atom. The highest BCUT2D eigenvalue weighted by Gasteiger charge is 2.49. The molecule has 4 atom stereocenters. The molecule has 0 saturated carbocycles. The predicted octanol–water partition coefficient (Wildman–Crippen LogP) is 3.77. The van der Waals surface area contributed by atoms with Crippen molar-refractivity contribution in [3.05, 3.63) is 84.4 Å². The van der Waals surface area contributed by atoms with E-state index in [1.54, 1.807) is 0 Å². The molecule has 0 aliphatic carbocycles. The fourth-order valence-electron chi connectivity index (χ4n) is 4.39. The highest BCUT2D eigenvalue weighted by atomic mass is 16.3. The lowest BCUT2D eigenvalue weighted by molar-refractivity contribution is -0.757. The van der Waals surface area contributed by atoms with Crippen LogP contribution in [0.5, 0.6) is 0 Å². The van der Waals surface area contributed by atoms with Crippen LogP contribution in [0.3, 0.4) is 0 Å². The SMILES string of the molecule is C=CC[C@@]1(O)C[C@@H](c2ccccc2)[NH2+][C@H](c2ccccc2)[C@@H]1CC. The minimum absolute atomic E-state index is 0.220. The van der Waals surface area contributed by atoms with Crippen molar-refractivity contribution in [1.82, 2.24) is 0 Å². The van der Waals surface area contributed by atoms with Crippen LogP contribution in [-0.4, -0.2) is 10.7 Å². The molecule has 2 nitrogen and oxygen atoms in total. The van der Waals surface area contributed by atoms with Crippen LogP contribution in [0.1, 0.15) is 49.4 Å². The third-order valence-electron chi connectivity index (χ3n) is 5.49. The summed E-state index contributed by atoms with van der Waals surface area (Å²) in [5.74, 6) is 0.220. The van der Waals surface area contributed by atoms with Gasteiger partial charge in [-0.1, -0.05) is 73.7 Å². The molecule has 126 valence electrons.